The molecule has 0 bridgehead atoms. The van der Waals surface area contributed by atoms with Crippen LogP contribution >= 0.6 is 0 Å². The molecule has 1 aliphatic rings. The summed E-state index contributed by atoms with van der Waals surface area (Å²) in [5, 5.41) is 8.31. The molecule has 0 radical (unpaired) electrons. The molecular weight excluding hydrogens is 116 g/mol. The molecule has 9 heavy (non-hydrogen) atoms. The summed E-state index contributed by atoms with van der Waals surface area (Å²) in [7, 11) is 0. The van der Waals surface area contributed by atoms with Crippen LogP contribution in [0.5, 0.6) is 0 Å². The van der Waals surface area contributed by atoms with Crippen molar-refractivity contribution in [3.8, 4) is 0 Å². The fourth-order valence-electron chi connectivity index (χ4n) is 0.401. The SMILES string of the molecule is C=C.CC1(C(=O)O)CC1. The van der Waals surface area contributed by atoms with Gasteiger partial charge in [-0.25, -0.2) is 0 Å². The third-order valence-corrected chi connectivity index (χ3v) is 1.52. The van der Waals surface area contributed by atoms with Crippen LogP contribution in [0.15, 0.2) is 13.2 Å². The fraction of sp³-hybridized carbons (Fsp3) is 0.571. The zero-order valence-corrected chi connectivity index (χ0v) is 5.68. The summed E-state index contributed by atoms with van der Waals surface area (Å²) in [4.78, 5) is 10.1. The molecule has 0 aliphatic heterocycles. The zero-order chi connectivity index (χ0) is 7.49. The van der Waals surface area contributed by atoms with Crippen LogP contribution in [0.3, 0.4) is 0 Å². The van der Waals surface area contributed by atoms with Gasteiger partial charge in [0.2, 0.25) is 0 Å². The molecule has 0 aromatic rings. The minimum absolute atomic E-state index is 0.333. The van der Waals surface area contributed by atoms with Gasteiger partial charge in [0.15, 0.2) is 0 Å². The molecular formula is C7H12O2. The number of carbonyl (C=O) groups is 1. The van der Waals surface area contributed by atoms with Crippen molar-refractivity contribution in [1.29, 1.82) is 0 Å². The molecule has 2 nitrogen and oxygen atoms in total. The molecule has 1 fully saturated rings. The Kier molecular flexibility index (Phi) is 2.43. The first-order valence-electron chi connectivity index (χ1n) is 2.88. The van der Waals surface area contributed by atoms with Crippen molar-refractivity contribution >= 4 is 5.97 Å². The van der Waals surface area contributed by atoms with Crippen molar-refractivity contribution in [2.45, 2.75) is 19.8 Å². The van der Waals surface area contributed by atoms with Crippen molar-refractivity contribution in [2.24, 2.45) is 5.41 Å². The largest absolute Gasteiger partial charge is 0.481 e. The van der Waals surface area contributed by atoms with Crippen molar-refractivity contribution in [3.63, 3.8) is 0 Å². The Balaban J connectivity index is 0.000000291. The molecule has 52 valence electrons. The van der Waals surface area contributed by atoms with E-state index in [1.54, 1.807) is 6.92 Å². The molecule has 0 spiro atoms. The number of hydrogen-bond acceptors (Lipinski definition) is 1. The van der Waals surface area contributed by atoms with Gasteiger partial charge in [-0.3, -0.25) is 4.79 Å². The maximum absolute atomic E-state index is 10.1. The lowest BCUT2D eigenvalue weighted by Gasteiger charge is -1.94. The molecule has 0 aromatic heterocycles. The van der Waals surface area contributed by atoms with Gasteiger partial charge in [0.25, 0.3) is 0 Å². The van der Waals surface area contributed by atoms with E-state index in [4.69, 9.17) is 5.11 Å². The first kappa shape index (κ1) is 8.21. The van der Waals surface area contributed by atoms with Gasteiger partial charge in [0, 0.05) is 0 Å². The highest BCUT2D eigenvalue weighted by atomic mass is 16.4. The minimum Gasteiger partial charge on any atom is -0.481 e. The lowest BCUT2D eigenvalue weighted by molar-refractivity contribution is -0.142. The van der Waals surface area contributed by atoms with Crippen LogP contribution in [0.25, 0.3) is 0 Å². The normalized spacial score (nSPS) is 19.2. The van der Waals surface area contributed by atoms with Crippen molar-refractivity contribution < 1.29 is 9.90 Å². The van der Waals surface area contributed by atoms with Crippen molar-refractivity contribution in [3.05, 3.63) is 13.2 Å². The topological polar surface area (TPSA) is 37.3 Å². The van der Waals surface area contributed by atoms with Crippen LogP contribution in [-0.2, 0) is 4.79 Å². The van der Waals surface area contributed by atoms with Crippen LogP contribution in [0.4, 0.5) is 0 Å². The van der Waals surface area contributed by atoms with Gasteiger partial charge in [-0.05, 0) is 19.8 Å². The summed E-state index contributed by atoms with van der Waals surface area (Å²) < 4.78 is 0. The Bertz CT molecular complexity index is 114. The standard InChI is InChI=1S/C5H8O2.C2H4/c1-5(2-3-5)4(6)7;1-2/h2-3H2,1H3,(H,6,7);1-2H2. The summed E-state index contributed by atoms with van der Waals surface area (Å²) in [6.45, 7) is 7.77. The predicted octanol–water partition coefficient (Wildman–Crippen LogP) is 1.67. The average molecular weight is 128 g/mol. The van der Waals surface area contributed by atoms with Crippen molar-refractivity contribution in [1.82, 2.24) is 0 Å². The Morgan fingerprint density at radius 1 is 1.56 bits per heavy atom. The van der Waals surface area contributed by atoms with Crippen LogP contribution in [0.2, 0.25) is 0 Å². The highest BCUT2D eigenvalue weighted by molar-refractivity contribution is 5.77. The maximum Gasteiger partial charge on any atom is 0.309 e. The molecule has 1 N–H and O–H groups in total. The predicted molar refractivity (Wildman–Crippen MR) is 36.2 cm³/mol. The molecule has 1 aliphatic carbocycles. The number of hydrogen-bond donors (Lipinski definition) is 1. The molecule has 0 heterocycles. The van der Waals surface area contributed by atoms with Crippen LogP contribution < -0.4 is 0 Å². The second-order valence-electron chi connectivity index (χ2n) is 2.37. The van der Waals surface area contributed by atoms with E-state index in [1.807, 2.05) is 0 Å². The first-order chi connectivity index (χ1) is 4.15. The zero-order valence-electron chi connectivity index (χ0n) is 5.68. The molecule has 0 saturated heterocycles. The highest BCUT2D eigenvalue weighted by Gasteiger charge is 2.44. The maximum atomic E-state index is 10.1. The van der Waals surface area contributed by atoms with Gasteiger partial charge in [0.1, 0.15) is 0 Å². The summed E-state index contributed by atoms with van der Waals surface area (Å²) in [5.41, 5.74) is -0.333. The monoisotopic (exact) mass is 128 g/mol. The van der Waals surface area contributed by atoms with Gasteiger partial charge in [-0.2, -0.15) is 0 Å². The molecule has 1 rings (SSSR count). The molecule has 0 atom stereocenters. The lowest BCUT2D eigenvalue weighted by Crippen LogP contribution is -2.08. The van der Waals surface area contributed by atoms with Gasteiger partial charge >= 0.3 is 5.97 Å². The van der Waals surface area contributed by atoms with E-state index < -0.39 is 5.97 Å². The third kappa shape index (κ3) is 1.88. The molecule has 0 aromatic carbocycles. The van der Waals surface area contributed by atoms with Crippen molar-refractivity contribution in [2.75, 3.05) is 0 Å². The number of aliphatic carboxylic acids is 1. The van der Waals surface area contributed by atoms with Gasteiger partial charge in [-0.15, -0.1) is 13.2 Å². The Morgan fingerprint density at radius 3 is 1.89 bits per heavy atom. The van der Waals surface area contributed by atoms with E-state index >= 15 is 0 Å². The number of rotatable bonds is 1. The van der Waals surface area contributed by atoms with E-state index in [2.05, 4.69) is 13.2 Å². The summed E-state index contributed by atoms with van der Waals surface area (Å²) >= 11 is 0. The number of carboxylic acid groups (broad SMARTS) is 1. The molecule has 1 saturated carbocycles. The number of carboxylic acids is 1. The Morgan fingerprint density at radius 2 is 1.89 bits per heavy atom. The van der Waals surface area contributed by atoms with Crippen LogP contribution in [0.1, 0.15) is 19.8 Å². The van der Waals surface area contributed by atoms with E-state index in [9.17, 15) is 4.79 Å². The highest BCUT2D eigenvalue weighted by Crippen LogP contribution is 2.44. The van der Waals surface area contributed by atoms with Gasteiger partial charge in [-0.1, -0.05) is 0 Å². The van der Waals surface area contributed by atoms with E-state index in [0.29, 0.717) is 0 Å². The lowest BCUT2D eigenvalue weighted by atomic mass is 10.2. The van der Waals surface area contributed by atoms with Gasteiger partial charge < -0.3 is 5.11 Å². The smallest absolute Gasteiger partial charge is 0.309 e. The second kappa shape index (κ2) is 2.67. The van der Waals surface area contributed by atoms with E-state index in [0.717, 1.165) is 12.8 Å². The summed E-state index contributed by atoms with van der Waals surface area (Å²) in [6, 6.07) is 0. The van der Waals surface area contributed by atoms with Gasteiger partial charge in [0.05, 0.1) is 5.41 Å². The quantitative estimate of drug-likeness (QED) is 0.545. The molecule has 0 amide bonds. The van der Waals surface area contributed by atoms with Crippen LogP contribution in [0, 0.1) is 5.41 Å². The third-order valence-electron chi connectivity index (χ3n) is 1.52. The fourth-order valence-corrected chi connectivity index (χ4v) is 0.401. The Labute approximate surface area is 55.2 Å². The van der Waals surface area contributed by atoms with Crippen LogP contribution in [-0.4, -0.2) is 11.1 Å². The van der Waals surface area contributed by atoms with E-state index in [-0.39, 0.29) is 5.41 Å². The summed E-state index contributed by atoms with van der Waals surface area (Å²) in [6.07, 6.45) is 1.73. The average Bonchev–Trinajstić information content (AvgIpc) is 2.55. The first-order valence-corrected chi connectivity index (χ1v) is 2.88. The molecule has 2 heteroatoms. The minimum atomic E-state index is -0.646. The second-order valence-corrected chi connectivity index (χ2v) is 2.37. The van der Waals surface area contributed by atoms with E-state index in [1.165, 1.54) is 0 Å². The molecule has 0 unspecified atom stereocenters. The Hall–Kier alpha value is -0.790. The summed E-state index contributed by atoms with van der Waals surface area (Å²) in [5.74, 6) is -0.646.